The van der Waals surface area contributed by atoms with Gasteiger partial charge in [-0.05, 0) is 37.3 Å². The average Bonchev–Trinajstić information content (AvgIpc) is 3.07. The van der Waals surface area contributed by atoms with E-state index in [1.165, 1.54) is 6.08 Å². The molecule has 1 aliphatic rings. The summed E-state index contributed by atoms with van der Waals surface area (Å²) in [7, 11) is 0. The Balaban J connectivity index is 1.91. The first-order valence-electron chi connectivity index (χ1n) is 7.86. The van der Waals surface area contributed by atoms with Gasteiger partial charge in [0.2, 0.25) is 6.79 Å². The molecule has 1 heterocycles. The summed E-state index contributed by atoms with van der Waals surface area (Å²) in [6.45, 7) is 2.39. The molecule has 6 nitrogen and oxygen atoms in total. The summed E-state index contributed by atoms with van der Waals surface area (Å²) in [4.78, 5) is 12.4. The molecule has 1 N–H and O–H groups in total. The topological polar surface area (TPSA) is 80.6 Å². The summed E-state index contributed by atoms with van der Waals surface area (Å²) < 4.78 is 16.3. The predicted octanol–water partition coefficient (Wildman–Crippen LogP) is 4.01. The van der Waals surface area contributed by atoms with E-state index in [0.717, 1.165) is 0 Å². The highest BCUT2D eigenvalue weighted by molar-refractivity contribution is 6.31. The standard InChI is InChI=1S/C19H15ClN2O4/c1-2-24-16-9-18-17(25-11-26-18)7-12(16)6-13(10-21)19(23)22-15-5-3-4-14(20)8-15/h3-9H,2,11H2,1H3,(H,22,23)/b13-6+. The van der Waals surface area contributed by atoms with E-state index in [4.69, 9.17) is 25.8 Å². The van der Waals surface area contributed by atoms with Crippen LogP contribution in [0, 0.1) is 11.3 Å². The fourth-order valence-electron chi connectivity index (χ4n) is 2.40. The van der Waals surface area contributed by atoms with Gasteiger partial charge in [0.25, 0.3) is 5.91 Å². The van der Waals surface area contributed by atoms with Crippen molar-refractivity contribution in [3.8, 4) is 23.3 Å². The van der Waals surface area contributed by atoms with E-state index in [0.29, 0.717) is 40.1 Å². The number of benzene rings is 2. The van der Waals surface area contributed by atoms with Crippen molar-refractivity contribution in [2.45, 2.75) is 6.92 Å². The van der Waals surface area contributed by atoms with E-state index in [9.17, 15) is 10.1 Å². The van der Waals surface area contributed by atoms with Gasteiger partial charge < -0.3 is 19.5 Å². The number of ether oxygens (including phenoxy) is 3. The van der Waals surface area contributed by atoms with Gasteiger partial charge in [-0.2, -0.15) is 5.26 Å². The van der Waals surface area contributed by atoms with Crippen molar-refractivity contribution >= 4 is 29.3 Å². The Morgan fingerprint density at radius 3 is 2.81 bits per heavy atom. The Kier molecular flexibility index (Phi) is 5.30. The SMILES string of the molecule is CCOc1cc2c(cc1/C=C(\C#N)C(=O)Nc1cccc(Cl)c1)OCO2. The Morgan fingerprint density at radius 1 is 1.35 bits per heavy atom. The van der Waals surface area contributed by atoms with Gasteiger partial charge in [0.1, 0.15) is 17.4 Å². The number of halogens is 1. The molecule has 26 heavy (non-hydrogen) atoms. The summed E-state index contributed by atoms with van der Waals surface area (Å²) in [5, 5.41) is 12.5. The second-order valence-electron chi connectivity index (χ2n) is 5.31. The summed E-state index contributed by atoms with van der Waals surface area (Å²) in [6.07, 6.45) is 1.45. The molecule has 3 rings (SSSR count). The van der Waals surface area contributed by atoms with Gasteiger partial charge in [-0.3, -0.25) is 4.79 Å². The summed E-state index contributed by atoms with van der Waals surface area (Å²) in [5.74, 6) is 1.05. The number of hydrogen-bond acceptors (Lipinski definition) is 5. The number of carbonyl (C=O) groups is 1. The molecule has 0 radical (unpaired) electrons. The first kappa shape index (κ1) is 17.6. The van der Waals surface area contributed by atoms with Crippen molar-refractivity contribution < 1.29 is 19.0 Å². The summed E-state index contributed by atoms with van der Waals surface area (Å²) in [6, 6.07) is 12.0. The third-order valence-corrected chi connectivity index (χ3v) is 3.79. The molecule has 1 aliphatic heterocycles. The first-order valence-corrected chi connectivity index (χ1v) is 8.23. The van der Waals surface area contributed by atoms with Crippen molar-refractivity contribution in [3.63, 3.8) is 0 Å². The molecule has 2 aromatic rings. The van der Waals surface area contributed by atoms with E-state index in [2.05, 4.69) is 5.32 Å². The molecule has 0 spiro atoms. The minimum Gasteiger partial charge on any atom is -0.493 e. The maximum absolute atomic E-state index is 12.4. The summed E-state index contributed by atoms with van der Waals surface area (Å²) >= 11 is 5.91. The lowest BCUT2D eigenvalue weighted by Gasteiger charge is -2.09. The zero-order valence-electron chi connectivity index (χ0n) is 13.9. The zero-order valence-corrected chi connectivity index (χ0v) is 14.7. The van der Waals surface area contributed by atoms with Crippen molar-refractivity contribution in [2.75, 3.05) is 18.7 Å². The van der Waals surface area contributed by atoms with Gasteiger partial charge in [0, 0.05) is 22.3 Å². The quantitative estimate of drug-likeness (QED) is 0.635. The van der Waals surface area contributed by atoms with Crippen LogP contribution in [0.3, 0.4) is 0 Å². The van der Waals surface area contributed by atoms with Crippen LogP contribution in [0.5, 0.6) is 17.2 Å². The Morgan fingerprint density at radius 2 is 2.12 bits per heavy atom. The van der Waals surface area contributed by atoms with Gasteiger partial charge in [0.05, 0.1) is 6.61 Å². The van der Waals surface area contributed by atoms with Crippen LogP contribution in [-0.2, 0) is 4.79 Å². The van der Waals surface area contributed by atoms with Crippen molar-refractivity contribution in [3.05, 3.63) is 52.6 Å². The van der Waals surface area contributed by atoms with Gasteiger partial charge in [0.15, 0.2) is 11.5 Å². The monoisotopic (exact) mass is 370 g/mol. The largest absolute Gasteiger partial charge is 0.493 e. The minimum absolute atomic E-state index is 0.0789. The highest BCUT2D eigenvalue weighted by Gasteiger charge is 2.19. The number of amides is 1. The highest BCUT2D eigenvalue weighted by atomic mass is 35.5. The Hall–Kier alpha value is -3.17. The van der Waals surface area contributed by atoms with Crippen LogP contribution in [0.2, 0.25) is 5.02 Å². The van der Waals surface area contributed by atoms with Gasteiger partial charge in [-0.1, -0.05) is 17.7 Å². The zero-order chi connectivity index (χ0) is 18.5. The second-order valence-corrected chi connectivity index (χ2v) is 5.75. The molecule has 0 atom stereocenters. The maximum Gasteiger partial charge on any atom is 0.266 e. The van der Waals surface area contributed by atoms with Crippen LogP contribution in [0.25, 0.3) is 6.08 Å². The third-order valence-electron chi connectivity index (χ3n) is 3.55. The van der Waals surface area contributed by atoms with Crippen molar-refractivity contribution in [1.82, 2.24) is 0 Å². The molecule has 0 aliphatic carbocycles. The number of nitrogens with zero attached hydrogens (tertiary/aromatic N) is 1. The van der Waals surface area contributed by atoms with Crippen LogP contribution in [0.1, 0.15) is 12.5 Å². The molecular weight excluding hydrogens is 356 g/mol. The molecule has 0 fully saturated rings. The van der Waals surface area contributed by atoms with Gasteiger partial charge in [-0.15, -0.1) is 0 Å². The lowest BCUT2D eigenvalue weighted by Crippen LogP contribution is -2.13. The van der Waals surface area contributed by atoms with Gasteiger partial charge >= 0.3 is 0 Å². The predicted molar refractivity (Wildman–Crippen MR) is 97.4 cm³/mol. The number of anilines is 1. The van der Waals surface area contributed by atoms with Crippen molar-refractivity contribution in [1.29, 1.82) is 5.26 Å². The lowest BCUT2D eigenvalue weighted by molar-refractivity contribution is -0.112. The number of nitriles is 1. The summed E-state index contributed by atoms with van der Waals surface area (Å²) in [5.41, 5.74) is 0.970. The van der Waals surface area contributed by atoms with Crippen molar-refractivity contribution in [2.24, 2.45) is 0 Å². The molecule has 2 aromatic carbocycles. The minimum atomic E-state index is -0.546. The fourth-order valence-corrected chi connectivity index (χ4v) is 2.59. The molecular formula is C19H15ClN2O4. The third kappa shape index (κ3) is 3.90. The van der Waals surface area contributed by atoms with Gasteiger partial charge in [-0.25, -0.2) is 0 Å². The number of fused-ring (bicyclic) bond motifs is 1. The molecule has 0 aromatic heterocycles. The molecule has 0 bridgehead atoms. The van der Waals surface area contributed by atoms with E-state index < -0.39 is 5.91 Å². The molecule has 0 unspecified atom stereocenters. The normalized spacial score (nSPS) is 12.4. The van der Waals surface area contributed by atoms with Crippen LogP contribution in [0.4, 0.5) is 5.69 Å². The Labute approximate surface area is 155 Å². The average molecular weight is 371 g/mol. The first-order chi connectivity index (χ1) is 12.6. The molecule has 7 heteroatoms. The van der Waals surface area contributed by atoms with Crippen LogP contribution >= 0.6 is 11.6 Å². The maximum atomic E-state index is 12.4. The van der Waals surface area contributed by atoms with Crippen LogP contribution in [0.15, 0.2) is 42.0 Å². The lowest BCUT2D eigenvalue weighted by atomic mass is 10.1. The Bertz CT molecular complexity index is 918. The van der Waals surface area contributed by atoms with E-state index in [1.807, 2.05) is 13.0 Å². The smallest absolute Gasteiger partial charge is 0.266 e. The molecule has 0 saturated carbocycles. The number of rotatable bonds is 5. The molecule has 132 valence electrons. The van der Waals surface area contributed by atoms with Crippen LogP contribution in [-0.4, -0.2) is 19.3 Å². The second kappa shape index (κ2) is 7.81. The highest BCUT2D eigenvalue weighted by Crippen LogP contribution is 2.39. The van der Waals surface area contributed by atoms with E-state index >= 15 is 0 Å². The molecule has 1 amide bonds. The molecule has 0 saturated heterocycles. The number of nitrogens with one attached hydrogen (secondary N) is 1. The number of hydrogen-bond donors (Lipinski definition) is 1. The fraction of sp³-hybridized carbons (Fsp3) is 0.158. The van der Waals surface area contributed by atoms with E-state index in [1.54, 1.807) is 36.4 Å². The van der Waals surface area contributed by atoms with E-state index in [-0.39, 0.29) is 12.4 Å². The van der Waals surface area contributed by atoms with Crippen LogP contribution < -0.4 is 19.5 Å². The number of carbonyl (C=O) groups excluding carboxylic acids is 1.